The van der Waals surface area contributed by atoms with Gasteiger partial charge < -0.3 is 0 Å². The molecule has 2 aromatic rings. The second-order valence-electron chi connectivity index (χ2n) is 3.69. The summed E-state index contributed by atoms with van der Waals surface area (Å²) >= 11 is 12.5. The van der Waals surface area contributed by atoms with Crippen LogP contribution in [-0.2, 0) is 10.0 Å². The first-order chi connectivity index (χ1) is 8.88. The molecule has 0 aliphatic heterocycles. The van der Waals surface area contributed by atoms with Gasteiger partial charge in [-0.05, 0) is 36.4 Å². The molecule has 0 radical (unpaired) electrons. The van der Waals surface area contributed by atoms with Gasteiger partial charge in [0.2, 0.25) is 0 Å². The average molecular weight is 426 g/mol. The predicted octanol–water partition coefficient (Wildman–Crippen LogP) is 4.67. The molecule has 0 fully saturated rings. The fourth-order valence-electron chi connectivity index (χ4n) is 1.46. The number of rotatable bonds is 3. The third-order valence-electron chi connectivity index (χ3n) is 2.26. The highest BCUT2D eigenvalue weighted by Gasteiger charge is 2.18. The molecule has 19 heavy (non-hydrogen) atoms. The van der Waals surface area contributed by atoms with Crippen molar-refractivity contribution in [2.75, 3.05) is 4.72 Å². The zero-order chi connectivity index (χ0) is 14.0. The Hall–Kier alpha value is -0.560. The summed E-state index contributed by atoms with van der Waals surface area (Å²) in [6.07, 6.45) is 0. The van der Waals surface area contributed by atoms with Gasteiger partial charge in [-0.15, -0.1) is 0 Å². The van der Waals surface area contributed by atoms with Crippen LogP contribution in [0.25, 0.3) is 0 Å². The first-order valence-electron chi connectivity index (χ1n) is 5.12. The van der Waals surface area contributed by atoms with Gasteiger partial charge >= 0.3 is 0 Å². The molecular formula is C12H8Br2ClNO2S. The normalized spacial score (nSPS) is 11.3. The van der Waals surface area contributed by atoms with Gasteiger partial charge in [0.1, 0.15) is 4.90 Å². The molecule has 0 aliphatic carbocycles. The first kappa shape index (κ1) is 14.8. The number of hydrogen-bond acceptors (Lipinski definition) is 2. The SMILES string of the molecule is O=S(=O)(Nc1cccc(Br)c1)c1ccc(Br)cc1Cl. The minimum absolute atomic E-state index is 0.0392. The zero-order valence-electron chi connectivity index (χ0n) is 9.40. The highest BCUT2D eigenvalue weighted by molar-refractivity contribution is 9.10. The van der Waals surface area contributed by atoms with Gasteiger partial charge in [-0.3, -0.25) is 4.72 Å². The molecule has 0 bridgehead atoms. The minimum Gasteiger partial charge on any atom is -0.280 e. The monoisotopic (exact) mass is 423 g/mol. The largest absolute Gasteiger partial charge is 0.280 e. The van der Waals surface area contributed by atoms with Gasteiger partial charge in [0, 0.05) is 14.6 Å². The molecule has 0 saturated heterocycles. The highest BCUT2D eigenvalue weighted by atomic mass is 79.9. The summed E-state index contributed by atoms with van der Waals surface area (Å²) in [5.74, 6) is 0. The van der Waals surface area contributed by atoms with Crippen LogP contribution < -0.4 is 4.72 Å². The molecule has 0 aliphatic rings. The lowest BCUT2D eigenvalue weighted by atomic mass is 10.3. The lowest BCUT2D eigenvalue weighted by Gasteiger charge is -2.10. The molecule has 0 atom stereocenters. The topological polar surface area (TPSA) is 46.2 Å². The second kappa shape index (κ2) is 5.83. The second-order valence-corrected chi connectivity index (χ2v) is 7.58. The van der Waals surface area contributed by atoms with Gasteiger partial charge in [-0.1, -0.05) is 49.5 Å². The van der Waals surface area contributed by atoms with Crippen LogP contribution in [0.1, 0.15) is 0 Å². The Balaban J connectivity index is 2.38. The Kier molecular flexibility index (Phi) is 4.55. The lowest BCUT2D eigenvalue weighted by Crippen LogP contribution is -2.13. The molecule has 7 heteroatoms. The molecule has 100 valence electrons. The van der Waals surface area contributed by atoms with Crippen molar-refractivity contribution in [2.24, 2.45) is 0 Å². The summed E-state index contributed by atoms with van der Waals surface area (Å²) in [5, 5.41) is 0.164. The Bertz CT molecular complexity index is 719. The number of halogens is 3. The maximum absolute atomic E-state index is 12.2. The van der Waals surface area contributed by atoms with Crippen molar-refractivity contribution in [3.8, 4) is 0 Å². The summed E-state index contributed by atoms with van der Waals surface area (Å²) in [5.41, 5.74) is 0.466. The van der Waals surface area contributed by atoms with Gasteiger partial charge in [-0.2, -0.15) is 0 Å². The van der Waals surface area contributed by atoms with E-state index >= 15 is 0 Å². The Labute approximate surface area is 133 Å². The third-order valence-corrected chi connectivity index (χ3v) is 5.11. The minimum atomic E-state index is -3.70. The quantitative estimate of drug-likeness (QED) is 0.777. The molecule has 0 aromatic heterocycles. The number of sulfonamides is 1. The predicted molar refractivity (Wildman–Crippen MR) is 84.1 cm³/mol. The van der Waals surface area contributed by atoms with Gasteiger partial charge in [-0.25, -0.2) is 8.42 Å². The fourth-order valence-corrected chi connectivity index (χ4v) is 3.94. The van der Waals surface area contributed by atoms with Crippen molar-refractivity contribution in [3.05, 3.63) is 56.4 Å². The first-order valence-corrected chi connectivity index (χ1v) is 8.57. The molecule has 0 saturated carbocycles. The van der Waals surface area contributed by atoms with E-state index in [4.69, 9.17) is 11.6 Å². The summed E-state index contributed by atoms with van der Waals surface area (Å²) in [4.78, 5) is 0.0392. The number of benzene rings is 2. The van der Waals surface area contributed by atoms with Crippen molar-refractivity contribution in [1.82, 2.24) is 0 Å². The molecule has 0 unspecified atom stereocenters. The Morgan fingerprint density at radius 3 is 2.32 bits per heavy atom. The van der Waals surface area contributed by atoms with Gasteiger partial charge in [0.15, 0.2) is 0 Å². The number of nitrogens with one attached hydrogen (secondary N) is 1. The molecule has 0 heterocycles. The highest BCUT2D eigenvalue weighted by Crippen LogP contribution is 2.27. The van der Waals surface area contributed by atoms with Crippen LogP contribution >= 0.6 is 43.5 Å². The van der Waals surface area contributed by atoms with Crippen molar-refractivity contribution in [1.29, 1.82) is 0 Å². The van der Waals surface area contributed by atoms with Crippen LogP contribution in [-0.4, -0.2) is 8.42 Å². The van der Waals surface area contributed by atoms with Gasteiger partial charge in [0.25, 0.3) is 10.0 Å². The summed E-state index contributed by atoms with van der Waals surface area (Å²) in [6.45, 7) is 0. The van der Waals surface area contributed by atoms with Crippen molar-refractivity contribution >= 4 is 59.2 Å². The van der Waals surface area contributed by atoms with E-state index in [-0.39, 0.29) is 9.92 Å². The van der Waals surface area contributed by atoms with Crippen LogP contribution in [0, 0.1) is 0 Å². The van der Waals surface area contributed by atoms with Crippen molar-refractivity contribution < 1.29 is 8.42 Å². The molecular weight excluding hydrogens is 417 g/mol. The molecule has 2 aromatic carbocycles. The molecule has 0 spiro atoms. The van der Waals surface area contributed by atoms with E-state index in [2.05, 4.69) is 36.6 Å². The molecule has 0 amide bonds. The fraction of sp³-hybridized carbons (Fsp3) is 0. The van der Waals surface area contributed by atoms with Crippen LogP contribution in [0.4, 0.5) is 5.69 Å². The van der Waals surface area contributed by atoms with Crippen LogP contribution in [0.3, 0.4) is 0 Å². The average Bonchev–Trinajstić information content (AvgIpc) is 2.27. The van der Waals surface area contributed by atoms with Crippen LogP contribution in [0.2, 0.25) is 5.02 Å². The summed E-state index contributed by atoms with van der Waals surface area (Å²) < 4.78 is 28.4. The Morgan fingerprint density at radius 2 is 1.68 bits per heavy atom. The van der Waals surface area contributed by atoms with E-state index in [1.165, 1.54) is 12.1 Å². The van der Waals surface area contributed by atoms with E-state index in [9.17, 15) is 8.42 Å². The van der Waals surface area contributed by atoms with Crippen LogP contribution in [0.15, 0.2) is 56.3 Å². The molecule has 2 rings (SSSR count). The van der Waals surface area contributed by atoms with Crippen molar-refractivity contribution in [2.45, 2.75) is 4.90 Å². The molecule has 1 N–H and O–H groups in total. The van der Waals surface area contributed by atoms with E-state index in [1.54, 1.807) is 24.3 Å². The van der Waals surface area contributed by atoms with E-state index in [0.29, 0.717) is 5.69 Å². The molecule has 3 nitrogen and oxygen atoms in total. The van der Waals surface area contributed by atoms with E-state index in [0.717, 1.165) is 8.95 Å². The standard InChI is InChI=1S/C12H8Br2ClNO2S/c13-8-2-1-3-10(6-8)16-19(17,18)12-5-4-9(14)7-11(12)15/h1-7,16H. The smallest absolute Gasteiger partial charge is 0.263 e. The van der Waals surface area contributed by atoms with Gasteiger partial charge in [0.05, 0.1) is 5.02 Å². The third kappa shape index (κ3) is 3.72. The zero-order valence-corrected chi connectivity index (χ0v) is 14.1. The Morgan fingerprint density at radius 1 is 1.00 bits per heavy atom. The summed E-state index contributed by atoms with van der Waals surface area (Å²) in [6, 6.07) is 11.5. The maximum Gasteiger partial charge on any atom is 0.263 e. The van der Waals surface area contributed by atoms with E-state index < -0.39 is 10.0 Å². The van der Waals surface area contributed by atoms with Crippen molar-refractivity contribution in [3.63, 3.8) is 0 Å². The lowest BCUT2D eigenvalue weighted by molar-refractivity contribution is 0.601. The summed E-state index contributed by atoms with van der Waals surface area (Å²) in [7, 11) is -3.70. The maximum atomic E-state index is 12.2. The van der Waals surface area contributed by atoms with E-state index in [1.807, 2.05) is 6.07 Å². The van der Waals surface area contributed by atoms with Crippen LogP contribution in [0.5, 0.6) is 0 Å². The number of anilines is 1. The number of hydrogen-bond donors (Lipinski definition) is 1.